The molecule has 0 bridgehead atoms. The Balaban J connectivity index is 1.52. The second kappa shape index (κ2) is 8.61. The molecule has 0 N–H and O–H groups in total. The van der Waals surface area contributed by atoms with Gasteiger partial charge in [0.15, 0.2) is 5.76 Å². The van der Waals surface area contributed by atoms with Gasteiger partial charge in [0.1, 0.15) is 0 Å². The summed E-state index contributed by atoms with van der Waals surface area (Å²) in [6, 6.07) is 10.7. The van der Waals surface area contributed by atoms with Crippen molar-refractivity contribution in [2.45, 2.75) is 32.1 Å². The van der Waals surface area contributed by atoms with E-state index in [0.717, 1.165) is 11.1 Å². The van der Waals surface area contributed by atoms with E-state index in [1.165, 1.54) is 11.2 Å². The quantitative estimate of drug-likeness (QED) is 0.667. The van der Waals surface area contributed by atoms with Crippen LogP contribution in [0.5, 0.6) is 0 Å². The number of hydrogen-bond acceptors (Lipinski definition) is 5. The summed E-state index contributed by atoms with van der Waals surface area (Å²) < 4.78 is 5.18. The minimum Gasteiger partial charge on any atom is -0.459 e. The van der Waals surface area contributed by atoms with Gasteiger partial charge in [-0.05, 0) is 37.1 Å². The molecule has 0 spiro atoms. The van der Waals surface area contributed by atoms with Gasteiger partial charge in [0, 0.05) is 45.6 Å². The smallest absolute Gasteiger partial charge is 0.289 e. The van der Waals surface area contributed by atoms with Gasteiger partial charge in [-0.15, -0.1) is 0 Å². The molecule has 0 radical (unpaired) electrons. The molecule has 2 saturated heterocycles. The molecule has 4 rings (SSSR count). The molecule has 4 amide bonds. The van der Waals surface area contributed by atoms with Crippen LogP contribution in [0, 0.1) is 6.92 Å². The Hall–Kier alpha value is -3.42. The van der Waals surface area contributed by atoms with Gasteiger partial charge in [0.25, 0.3) is 5.91 Å². The molecule has 2 aliphatic rings. The third kappa shape index (κ3) is 3.70. The molecule has 2 aromatic rings. The van der Waals surface area contributed by atoms with Crippen LogP contribution in [0.15, 0.2) is 47.1 Å². The van der Waals surface area contributed by atoms with Crippen molar-refractivity contribution < 1.29 is 23.6 Å². The van der Waals surface area contributed by atoms with E-state index in [4.69, 9.17) is 4.42 Å². The molecule has 3 heterocycles. The molecular formula is C24H27N3O5. The monoisotopic (exact) mass is 437 g/mol. The number of piperazine rings is 1. The Kier molecular flexibility index (Phi) is 5.86. The van der Waals surface area contributed by atoms with Crippen molar-refractivity contribution in [1.29, 1.82) is 0 Å². The van der Waals surface area contributed by atoms with Gasteiger partial charge in [-0.2, -0.15) is 0 Å². The number of carbonyl (C=O) groups is 4. The molecule has 8 nitrogen and oxygen atoms in total. The fourth-order valence-electron chi connectivity index (χ4n) is 4.76. The second-order valence-corrected chi connectivity index (χ2v) is 8.34. The first-order valence-corrected chi connectivity index (χ1v) is 10.9. The fourth-order valence-corrected chi connectivity index (χ4v) is 4.76. The van der Waals surface area contributed by atoms with Crippen LogP contribution in [-0.4, -0.2) is 71.1 Å². The lowest BCUT2D eigenvalue weighted by Crippen LogP contribution is -2.52. The van der Waals surface area contributed by atoms with Crippen LogP contribution >= 0.6 is 0 Å². The number of hydrogen-bond donors (Lipinski definition) is 0. The van der Waals surface area contributed by atoms with Crippen molar-refractivity contribution in [1.82, 2.24) is 14.7 Å². The number of benzene rings is 1. The third-order valence-corrected chi connectivity index (χ3v) is 6.49. The van der Waals surface area contributed by atoms with Crippen molar-refractivity contribution in [3.8, 4) is 0 Å². The minimum atomic E-state index is -1.18. The van der Waals surface area contributed by atoms with Crippen LogP contribution in [-0.2, 0) is 19.8 Å². The van der Waals surface area contributed by atoms with Crippen LogP contribution in [0.1, 0.15) is 41.4 Å². The maximum Gasteiger partial charge on any atom is 0.289 e. The maximum absolute atomic E-state index is 13.4. The highest BCUT2D eigenvalue weighted by atomic mass is 16.3. The summed E-state index contributed by atoms with van der Waals surface area (Å²) in [6.45, 7) is 5.46. The summed E-state index contributed by atoms with van der Waals surface area (Å²) in [7, 11) is 0. The third-order valence-electron chi connectivity index (χ3n) is 6.49. The molecule has 1 atom stereocenters. The number of rotatable bonds is 5. The number of amides is 4. The lowest BCUT2D eigenvalue weighted by Gasteiger charge is -2.36. The van der Waals surface area contributed by atoms with Crippen molar-refractivity contribution in [3.05, 3.63) is 59.5 Å². The molecule has 168 valence electrons. The molecule has 2 aliphatic heterocycles. The zero-order chi connectivity index (χ0) is 22.9. The predicted molar refractivity (Wildman–Crippen MR) is 116 cm³/mol. The van der Waals surface area contributed by atoms with E-state index in [1.807, 2.05) is 31.2 Å². The van der Waals surface area contributed by atoms with Gasteiger partial charge in [-0.1, -0.05) is 24.3 Å². The van der Waals surface area contributed by atoms with Crippen molar-refractivity contribution >= 4 is 23.6 Å². The van der Waals surface area contributed by atoms with E-state index < -0.39 is 5.41 Å². The topological polar surface area (TPSA) is 91.1 Å². The number of nitrogens with zero attached hydrogens (tertiary/aromatic N) is 3. The molecule has 8 heteroatoms. The number of imide groups is 1. The molecule has 0 aliphatic carbocycles. The Labute approximate surface area is 186 Å². The molecule has 0 saturated carbocycles. The van der Waals surface area contributed by atoms with Gasteiger partial charge >= 0.3 is 0 Å². The van der Waals surface area contributed by atoms with E-state index in [1.54, 1.807) is 28.9 Å². The number of carbonyl (C=O) groups excluding carboxylic acids is 4. The second-order valence-electron chi connectivity index (χ2n) is 8.34. The standard InChI is InChI=1S/C24H27N3O5/c1-3-27-21(29)16-24(23(27)31,18-8-5-4-7-17(18)2)15-20(28)25-10-12-26(13-11-25)22(30)19-9-6-14-32-19/h4-9,14H,3,10-13,15-16H2,1-2H3. The number of likely N-dealkylation sites (tertiary alicyclic amines) is 1. The highest BCUT2D eigenvalue weighted by molar-refractivity contribution is 6.11. The predicted octanol–water partition coefficient (Wildman–Crippen LogP) is 1.98. The highest BCUT2D eigenvalue weighted by Gasteiger charge is 2.54. The summed E-state index contributed by atoms with van der Waals surface area (Å²) in [5.41, 5.74) is 0.430. The lowest BCUT2D eigenvalue weighted by atomic mass is 9.74. The van der Waals surface area contributed by atoms with Crippen LogP contribution < -0.4 is 0 Å². The van der Waals surface area contributed by atoms with E-state index in [9.17, 15) is 19.2 Å². The van der Waals surface area contributed by atoms with E-state index in [2.05, 4.69) is 0 Å². The fraction of sp³-hybridized carbons (Fsp3) is 0.417. The van der Waals surface area contributed by atoms with Gasteiger partial charge < -0.3 is 14.2 Å². The molecule has 1 aromatic carbocycles. The summed E-state index contributed by atoms with van der Waals surface area (Å²) in [5, 5.41) is 0. The Morgan fingerprint density at radius 1 is 1.00 bits per heavy atom. The lowest BCUT2D eigenvalue weighted by molar-refractivity contribution is -0.142. The normalized spacial score (nSPS) is 21.4. The van der Waals surface area contributed by atoms with Gasteiger partial charge in [-0.3, -0.25) is 24.1 Å². The maximum atomic E-state index is 13.4. The van der Waals surface area contributed by atoms with Crippen molar-refractivity contribution in [3.63, 3.8) is 0 Å². The summed E-state index contributed by atoms with van der Waals surface area (Å²) in [6.07, 6.45) is 1.38. The highest BCUT2D eigenvalue weighted by Crippen LogP contribution is 2.41. The zero-order valence-corrected chi connectivity index (χ0v) is 18.4. The largest absolute Gasteiger partial charge is 0.459 e. The molecular weight excluding hydrogens is 410 g/mol. The minimum absolute atomic E-state index is 0.00673. The Bertz CT molecular complexity index is 1040. The van der Waals surface area contributed by atoms with E-state index in [0.29, 0.717) is 26.2 Å². The SMILES string of the molecule is CCN1C(=O)CC(CC(=O)N2CCN(C(=O)c3ccco3)CC2)(c2ccccc2C)C1=O. The summed E-state index contributed by atoms with van der Waals surface area (Å²) in [5.74, 6) is -0.661. The first kappa shape index (κ1) is 21.8. The summed E-state index contributed by atoms with van der Waals surface area (Å²) in [4.78, 5) is 56.4. The van der Waals surface area contributed by atoms with E-state index >= 15 is 0 Å². The van der Waals surface area contributed by atoms with Gasteiger partial charge in [0.2, 0.25) is 17.7 Å². The van der Waals surface area contributed by atoms with Crippen LogP contribution in [0.4, 0.5) is 0 Å². The molecule has 1 aromatic heterocycles. The summed E-state index contributed by atoms with van der Waals surface area (Å²) >= 11 is 0. The Morgan fingerprint density at radius 2 is 1.69 bits per heavy atom. The van der Waals surface area contributed by atoms with Crippen LogP contribution in [0.2, 0.25) is 0 Å². The first-order valence-electron chi connectivity index (χ1n) is 10.9. The Morgan fingerprint density at radius 3 is 2.28 bits per heavy atom. The molecule has 1 unspecified atom stereocenters. The number of aryl methyl sites for hydroxylation is 1. The zero-order valence-electron chi connectivity index (χ0n) is 18.4. The number of furan rings is 1. The number of likely N-dealkylation sites (N-methyl/N-ethyl adjacent to an activating group) is 1. The van der Waals surface area contributed by atoms with Crippen LogP contribution in [0.25, 0.3) is 0 Å². The van der Waals surface area contributed by atoms with Crippen molar-refractivity contribution in [2.24, 2.45) is 0 Å². The molecule has 32 heavy (non-hydrogen) atoms. The van der Waals surface area contributed by atoms with Crippen LogP contribution in [0.3, 0.4) is 0 Å². The van der Waals surface area contributed by atoms with Crippen molar-refractivity contribution in [2.75, 3.05) is 32.7 Å². The average Bonchev–Trinajstić information content (AvgIpc) is 3.41. The van der Waals surface area contributed by atoms with Gasteiger partial charge in [-0.25, -0.2) is 0 Å². The van der Waals surface area contributed by atoms with Gasteiger partial charge in [0.05, 0.1) is 11.7 Å². The van der Waals surface area contributed by atoms with E-state index in [-0.39, 0.29) is 48.8 Å². The first-order chi connectivity index (χ1) is 15.4. The molecule has 2 fully saturated rings. The average molecular weight is 437 g/mol.